The Kier molecular flexibility index (Phi) is 3.68. The van der Waals surface area contributed by atoms with Gasteiger partial charge >= 0.3 is 0 Å². The molecule has 112 valence electrons. The summed E-state index contributed by atoms with van der Waals surface area (Å²) in [7, 11) is 0. The summed E-state index contributed by atoms with van der Waals surface area (Å²) in [6.07, 6.45) is 4.30. The summed E-state index contributed by atoms with van der Waals surface area (Å²) in [5.74, 6) is 2.17. The smallest absolute Gasteiger partial charge is 0.234 e. The van der Waals surface area contributed by atoms with Gasteiger partial charge in [-0.25, -0.2) is 0 Å². The number of nitrogens with two attached hydrogens (primary N) is 1. The summed E-state index contributed by atoms with van der Waals surface area (Å²) in [6.45, 7) is 2.81. The van der Waals surface area contributed by atoms with Gasteiger partial charge in [0.1, 0.15) is 5.75 Å². The third kappa shape index (κ3) is 2.65. The second-order valence-corrected chi connectivity index (χ2v) is 6.14. The van der Waals surface area contributed by atoms with Crippen molar-refractivity contribution < 1.29 is 9.63 Å². The molecule has 0 saturated heterocycles. The number of benzene rings is 1. The number of rotatable bonds is 3. The molecule has 5 nitrogen and oxygen atoms in total. The van der Waals surface area contributed by atoms with Crippen LogP contribution in [0.15, 0.2) is 28.8 Å². The second kappa shape index (κ2) is 5.48. The van der Waals surface area contributed by atoms with E-state index in [-0.39, 0.29) is 11.2 Å². The molecule has 0 bridgehead atoms. The van der Waals surface area contributed by atoms with Crippen LogP contribution >= 0.6 is 0 Å². The van der Waals surface area contributed by atoms with Crippen LogP contribution in [-0.4, -0.2) is 21.8 Å². The van der Waals surface area contributed by atoms with E-state index < -0.39 is 0 Å². The molecule has 1 aliphatic rings. The van der Waals surface area contributed by atoms with Gasteiger partial charge in [0.2, 0.25) is 11.7 Å². The molecule has 0 unspecified atom stereocenters. The fourth-order valence-electron chi connectivity index (χ4n) is 2.99. The van der Waals surface area contributed by atoms with E-state index >= 15 is 0 Å². The molecule has 21 heavy (non-hydrogen) atoms. The van der Waals surface area contributed by atoms with Crippen molar-refractivity contribution in [2.75, 3.05) is 6.54 Å². The number of nitrogens with zero attached hydrogens (tertiary/aromatic N) is 2. The zero-order chi connectivity index (χ0) is 14.9. The quantitative estimate of drug-likeness (QED) is 0.906. The summed E-state index contributed by atoms with van der Waals surface area (Å²) >= 11 is 0. The van der Waals surface area contributed by atoms with Crippen molar-refractivity contribution in [2.24, 2.45) is 11.7 Å². The van der Waals surface area contributed by atoms with Crippen LogP contribution in [0.25, 0.3) is 11.4 Å². The SMILES string of the molecule is CC1CCC(CN)(c2nc(-c3ccc(O)cc3)no2)CC1. The average Bonchev–Trinajstić information content (AvgIpc) is 3.00. The minimum absolute atomic E-state index is 0.172. The molecule has 0 spiro atoms. The molecule has 1 aromatic heterocycles. The number of aromatic hydroxyl groups is 1. The molecule has 2 aromatic rings. The molecule has 1 saturated carbocycles. The topological polar surface area (TPSA) is 85.2 Å². The number of hydrogen-bond acceptors (Lipinski definition) is 5. The van der Waals surface area contributed by atoms with Gasteiger partial charge in [-0.15, -0.1) is 0 Å². The lowest BCUT2D eigenvalue weighted by Crippen LogP contribution is -2.39. The highest BCUT2D eigenvalue weighted by Crippen LogP contribution is 2.40. The highest BCUT2D eigenvalue weighted by molar-refractivity contribution is 5.55. The number of aromatic nitrogens is 2. The fraction of sp³-hybridized carbons (Fsp3) is 0.500. The minimum atomic E-state index is -0.172. The van der Waals surface area contributed by atoms with Gasteiger partial charge in [0.15, 0.2) is 0 Å². The first kappa shape index (κ1) is 14.1. The summed E-state index contributed by atoms with van der Waals surface area (Å²) in [5.41, 5.74) is 6.68. The van der Waals surface area contributed by atoms with E-state index in [2.05, 4.69) is 17.1 Å². The molecule has 1 aromatic carbocycles. The predicted octanol–water partition coefficient (Wildman–Crippen LogP) is 2.85. The van der Waals surface area contributed by atoms with Crippen LogP contribution in [0, 0.1) is 5.92 Å². The van der Waals surface area contributed by atoms with Crippen molar-refractivity contribution in [3.05, 3.63) is 30.2 Å². The maximum absolute atomic E-state index is 9.34. The van der Waals surface area contributed by atoms with E-state index in [1.807, 2.05) is 0 Å². The Morgan fingerprint density at radius 3 is 2.57 bits per heavy atom. The third-order valence-electron chi connectivity index (χ3n) is 4.63. The Bertz CT molecular complexity index is 598. The van der Waals surface area contributed by atoms with Crippen molar-refractivity contribution in [3.63, 3.8) is 0 Å². The largest absolute Gasteiger partial charge is 0.508 e. The van der Waals surface area contributed by atoms with Gasteiger partial charge in [0, 0.05) is 12.1 Å². The van der Waals surface area contributed by atoms with Crippen molar-refractivity contribution in [1.82, 2.24) is 10.1 Å². The molecular formula is C16H21N3O2. The minimum Gasteiger partial charge on any atom is -0.508 e. The van der Waals surface area contributed by atoms with Crippen LogP contribution in [0.2, 0.25) is 0 Å². The Hall–Kier alpha value is -1.88. The molecule has 0 aliphatic heterocycles. The van der Waals surface area contributed by atoms with Gasteiger partial charge < -0.3 is 15.4 Å². The van der Waals surface area contributed by atoms with Crippen LogP contribution in [0.3, 0.4) is 0 Å². The molecule has 1 heterocycles. The van der Waals surface area contributed by atoms with E-state index in [1.165, 1.54) is 0 Å². The van der Waals surface area contributed by atoms with Gasteiger partial charge in [-0.1, -0.05) is 12.1 Å². The highest BCUT2D eigenvalue weighted by Gasteiger charge is 2.39. The van der Waals surface area contributed by atoms with Crippen molar-refractivity contribution in [3.8, 4) is 17.1 Å². The summed E-state index contributed by atoms with van der Waals surface area (Å²) < 4.78 is 5.51. The van der Waals surface area contributed by atoms with Crippen LogP contribution in [-0.2, 0) is 5.41 Å². The molecule has 0 amide bonds. The number of phenols is 1. The molecule has 3 N–H and O–H groups in total. The lowest BCUT2D eigenvalue weighted by atomic mass is 9.71. The predicted molar refractivity (Wildman–Crippen MR) is 79.8 cm³/mol. The van der Waals surface area contributed by atoms with Gasteiger partial charge in [0.25, 0.3) is 0 Å². The first-order chi connectivity index (χ1) is 10.1. The molecule has 5 heteroatoms. The van der Waals surface area contributed by atoms with Crippen LogP contribution < -0.4 is 5.73 Å². The Labute approximate surface area is 124 Å². The standard InChI is InChI=1S/C16H21N3O2/c1-11-6-8-16(10-17,9-7-11)15-18-14(19-21-15)12-2-4-13(20)5-3-12/h2-5,11,20H,6-10,17H2,1H3. The molecule has 0 atom stereocenters. The Morgan fingerprint density at radius 2 is 1.95 bits per heavy atom. The molecule has 1 aliphatic carbocycles. The molecular weight excluding hydrogens is 266 g/mol. The number of phenolic OH excluding ortho intramolecular Hbond substituents is 1. The zero-order valence-electron chi connectivity index (χ0n) is 12.2. The Balaban J connectivity index is 1.88. The maximum atomic E-state index is 9.34. The molecule has 1 fully saturated rings. The van der Waals surface area contributed by atoms with Crippen LogP contribution in [0.4, 0.5) is 0 Å². The summed E-state index contributed by atoms with van der Waals surface area (Å²) in [6, 6.07) is 6.79. The summed E-state index contributed by atoms with van der Waals surface area (Å²) in [4.78, 5) is 4.56. The molecule has 0 radical (unpaired) electrons. The highest BCUT2D eigenvalue weighted by atomic mass is 16.5. The van der Waals surface area contributed by atoms with E-state index in [1.54, 1.807) is 24.3 Å². The normalized spacial score (nSPS) is 25.9. The van der Waals surface area contributed by atoms with E-state index in [0.29, 0.717) is 18.3 Å². The van der Waals surface area contributed by atoms with Gasteiger partial charge in [-0.05, 0) is 55.9 Å². The second-order valence-electron chi connectivity index (χ2n) is 6.14. The monoisotopic (exact) mass is 287 g/mol. The average molecular weight is 287 g/mol. The van der Waals surface area contributed by atoms with Crippen molar-refractivity contribution in [1.29, 1.82) is 0 Å². The van der Waals surface area contributed by atoms with E-state index in [9.17, 15) is 5.11 Å². The van der Waals surface area contributed by atoms with Crippen molar-refractivity contribution in [2.45, 2.75) is 38.0 Å². The van der Waals surface area contributed by atoms with Crippen molar-refractivity contribution >= 4 is 0 Å². The van der Waals surface area contributed by atoms with E-state index in [4.69, 9.17) is 10.3 Å². The fourth-order valence-corrected chi connectivity index (χ4v) is 2.99. The number of hydrogen-bond donors (Lipinski definition) is 2. The lowest BCUT2D eigenvalue weighted by Gasteiger charge is -2.35. The van der Waals surface area contributed by atoms with Gasteiger partial charge in [-0.2, -0.15) is 4.98 Å². The zero-order valence-corrected chi connectivity index (χ0v) is 12.2. The van der Waals surface area contributed by atoms with E-state index in [0.717, 1.165) is 37.2 Å². The maximum Gasteiger partial charge on any atom is 0.234 e. The first-order valence-electron chi connectivity index (χ1n) is 7.47. The van der Waals surface area contributed by atoms with Gasteiger partial charge in [-0.3, -0.25) is 0 Å². The lowest BCUT2D eigenvalue weighted by molar-refractivity contribution is 0.191. The first-order valence-corrected chi connectivity index (χ1v) is 7.47. The molecule has 3 rings (SSSR count). The third-order valence-corrected chi connectivity index (χ3v) is 4.63. The van der Waals surface area contributed by atoms with Gasteiger partial charge in [0.05, 0.1) is 5.41 Å². The summed E-state index contributed by atoms with van der Waals surface area (Å²) in [5, 5.41) is 13.4. The van der Waals surface area contributed by atoms with Crippen LogP contribution in [0.1, 0.15) is 38.5 Å². The van der Waals surface area contributed by atoms with Crippen LogP contribution in [0.5, 0.6) is 5.75 Å². The Morgan fingerprint density at radius 1 is 1.29 bits per heavy atom.